The number of piperidine rings is 1. The topological polar surface area (TPSA) is 58.6 Å². The monoisotopic (exact) mass is 366 g/mol. The number of nitrogens with zero attached hydrogens (tertiary/aromatic N) is 1. The van der Waals surface area contributed by atoms with Gasteiger partial charge < -0.3 is 15.0 Å². The van der Waals surface area contributed by atoms with E-state index in [1.165, 1.54) is 0 Å². The molecule has 0 unspecified atom stereocenters. The Morgan fingerprint density at radius 2 is 1.59 bits per heavy atom. The molecule has 5 nitrogen and oxygen atoms in total. The van der Waals surface area contributed by atoms with Gasteiger partial charge in [-0.3, -0.25) is 9.59 Å². The zero-order valence-electron chi connectivity index (χ0n) is 15.7. The lowest BCUT2D eigenvalue weighted by molar-refractivity contribution is -0.141. The number of hydrogen-bond donors (Lipinski definition) is 1. The molecule has 3 rings (SSSR count). The maximum atomic E-state index is 12.6. The minimum Gasteiger partial charge on any atom is -0.484 e. The highest BCUT2D eigenvalue weighted by Crippen LogP contribution is 2.31. The number of carbonyl (C=O) groups is 2. The summed E-state index contributed by atoms with van der Waals surface area (Å²) in [6.07, 6.45) is 1.31. The fraction of sp³-hybridized carbons (Fsp3) is 0.364. The lowest BCUT2D eigenvalue weighted by atomic mass is 9.79. The molecule has 2 amide bonds. The highest BCUT2D eigenvalue weighted by molar-refractivity contribution is 5.83. The van der Waals surface area contributed by atoms with Crippen LogP contribution in [0.3, 0.4) is 0 Å². The Morgan fingerprint density at radius 3 is 2.22 bits per heavy atom. The highest BCUT2D eigenvalue weighted by Gasteiger charge is 2.37. The zero-order valence-corrected chi connectivity index (χ0v) is 15.7. The van der Waals surface area contributed by atoms with Crippen LogP contribution in [0.15, 0.2) is 60.7 Å². The van der Waals surface area contributed by atoms with Crippen LogP contribution in [0.2, 0.25) is 0 Å². The molecule has 142 valence electrons. The van der Waals surface area contributed by atoms with Gasteiger partial charge in [0.05, 0.1) is 0 Å². The first kappa shape index (κ1) is 19.0. The molecule has 1 fully saturated rings. The zero-order chi connectivity index (χ0) is 19.1. The number of carbonyl (C=O) groups excluding carboxylic acids is 2. The van der Waals surface area contributed by atoms with Crippen LogP contribution >= 0.6 is 0 Å². The fourth-order valence-corrected chi connectivity index (χ4v) is 3.22. The third kappa shape index (κ3) is 5.09. The van der Waals surface area contributed by atoms with Crippen LogP contribution < -0.4 is 10.1 Å². The van der Waals surface area contributed by atoms with Crippen LogP contribution in [0.1, 0.15) is 25.3 Å². The molecule has 1 aliphatic rings. The Balaban J connectivity index is 1.45. The Bertz CT molecular complexity index is 754. The molecule has 0 saturated carbocycles. The summed E-state index contributed by atoms with van der Waals surface area (Å²) in [6, 6.07) is 19.2. The van der Waals surface area contributed by atoms with Gasteiger partial charge in [-0.2, -0.15) is 0 Å². The average Bonchev–Trinajstić information content (AvgIpc) is 2.72. The molecule has 1 heterocycles. The Hall–Kier alpha value is -2.82. The van der Waals surface area contributed by atoms with Crippen molar-refractivity contribution in [1.82, 2.24) is 10.2 Å². The van der Waals surface area contributed by atoms with Crippen LogP contribution in [-0.2, 0) is 16.1 Å². The first-order valence-electron chi connectivity index (χ1n) is 9.35. The second-order valence-electron chi connectivity index (χ2n) is 7.21. The van der Waals surface area contributed by atoms with E-state index in [4.69, 9.17) is 4.74 Å². The number of benzene rings is 2. The smallest absolute Gasteiger partial charge is 0.260 e. The van der Waals surface area contributed by atoms with Crippen molar-refractivity contribution in [2.24, 2.45) is 5.41 Å². The number of ether oxygens (including phenoxy) is 1. The minimum absolute atomic E-state index is 0.0287. The van der Waals surface area contributed by atoms with Crippen LogP contribution in [0, 0.1) is 5.41 Å². The Kier molecular flexibility index (Phi) is 6.12. The van der Waals surface area contributed by atoms with Crippen molar-refractivity contribution in [2.45, 2.75) is 26.3 Å². The third-order valence-electron chi connectivity index (χ3n) is 5.17. The van der Waals surface area contributed by atoms with Gasteiger partial charge in [0.25, 0.3) is 5.91 Å². The number of hydrogen-bond acceptors (Lipinski definition) is 3. The predicted molar refractivity (Wildman–Crippen MR) is 104 cm³/mol. The van der Waals surface area contributed by atoms with E-state index in [-0.39, 0.29) is 18.4 Å². The van der Waals surface area contributed by atoms with Crippen molar-refractivity contribution in [2.75, 3.05) is 19.7 Å². The van der Waals surface area contributed by atoms with E-state index < -0.39 is 5.41 Å². The van der Waals surface area contributed by atoms with Gasteiger partial charge in [-0.05, 0) is 30.5 Å². The van der Waals surface area contributed by atoms with Gasteiger partial charge in [0.15, 0.2) is 6.61 Å². The van der Waals surface area contributed by atoms with Gasteiger partial charge in [-0.15, -0.1) is 0 Å². The maximum Gasteiger partial charge on any atom is 0.260 e. The molecule has 2 aromatic rings. The quantitative estimate of drug-likeness (QED) is 0.855. The van der Waals surface area contributed by atoms with Gasteiger partial charge in [0.1, 0.15) is 5.75 Å². The normalized spacial score (nSPS) is 15.8. The van der Waals surface area contributed by atoms with Crippen molar-refractivity contribution in [3.63, 3.8) is 0 Å². The number of para-hydroxylation sites is 1. The standard InChI is InChI=1S/C22H26N2O3/c1-22(21(26)23-16-18-8-4-2-5-9-18)12-14-24(15-13-22)20(25)17-27-19-10-6-3-7-11-19/h2-11H,12-17H2,1H3,(H,23,26). The number of likely N-dealkylation sites (tertiary alicyclic amines) is 1. The van der Waals surface area contributed by atoms with Crippen LogP contribution in [0.4, 0.5) is 0 Å². The summed E-state index contributed by atoms with van der Waals surface area (Å²) in [4.78, 5) is 26.8. The van der Waals surface area contributed by atoms with Crippen molar-refractivity contribution in [3.05, 3.63) is 66.2 Å². The van der Waals surface area contributed by atoms with Crippen molar-refractivity contribution in [1.29, 1.82) is 0 Å². The molecule has 0 spiro atoms. The summed E-state index contributed by atoms with van der Waals surface area (Å²) in [5.41, 5.74) is 0.645. The molecule has 0 atom stereocenters. The van der Waals surface area contributed by atoms with E-state index in [2.05, 4.69) is 5.32 Å². The van der Waals surface area contributed by atoms with Crippen molar-refractivity contribution >= 4 is 11.8 Å². The van der Waals surface area contributed by atoms with Crippen LogP contribution in [-0.4, -0.2) is 36.4 Å². The van der Waals surface area contributed by atoms with E-state index in [0.29, 0.717) is 38.2 Å². The molecular formula is C22H26N2O3. The van der Waals surface area contributed by atoms with E-state index in [9.17, 15) is 9.59 Å². The number of amides is 2. The molecule has 5 heteroatoms. The summed E-state index contributed by atoms with van der Waals surface area (Å²) in [5, 5.41) is 3.03. The first-order chi connectivity index (χ1) is 13.1. The summed E-state index contributed by atoms with van der Waals surface area (Å²) in [5.74, 6) is 0.706. The number of nitrogens with one attached hydrogen (secondary N) is 1. The van der Waals surface area contributed by atoms with E-state index in [1.54, 1.807) is 4.90 Å². The van der Waals surface area contributed by atoms with Gasteiger partial charge in [0.2, 0.25) is 5.91 Å². The molecule has 1 aliphatic heterocycles. The van der Waals surface area contributed by atoms with E-state index >= 15 is 0 Å². The van der Waals surface area contributed by atoms with Gasteiger partial charge >= 0.3 is 0 Å². The van der Waals surface area contributed by atoms with Crippen LogP contribution in [0.5, 0.6) is 5.75 Å². The maximum absolute atomic E-state index is 12.6. The minimum atomic E-state index is -0.439. The largest absolute Gasteiger partial charge is 0.484 e. The summed E-state index contributed by atoms with van der Waals surface area (Å²) >= 11 is 0. The molecule has 1 N–H and O–H groups in total. The lowest BCUT2D eigenvalue weighted by Crippen LogP contribution is -2.49. The average molecular weight is 366 g/mol. The van der Waals surface area contributed by atoms with Gasteiger partial charge in [0, 0.05) is 25.0 Å². The summed E-state index contributed by atoms with van der Waals surface area (Å²) in [7, 11) is 0. The Labute approximate surface area is 160 Å². The molecule has 2 aromatic carbocycles. The summed E-state index contributed by atoms with van der Waals surface area (Å²) < 4.78 is 5.54. The first-order valence-corrected chi connectivity index (χ1v) is 9.35. The number of rotatable bonds is 6. The lowest BCUT2D eigenvalue weighted by Gasteiger charge is -2.38. The Morgan fingerprint density at radius 1 is 1.00 bits per heavy atom. The van der Waals surface area contributed by atoms with Crippen LogP contribution in [0.25, 0.3) is 0 Å². The second kappa shape index (κ2) is 8.71. The molecular weight excluding hydrogens is 340 g/mol. The molecule has 0 bridgehead atoms. The molecule has 0 aromatic heterocycles. The van der Waals surface area contributed by atoms with E-state index in [1.807, 2.05) is 67.6 Å². The fourth-order valence-electron chi connectivity index (χ4n) is 3.22. The molecule has 0 radical (unpaired) electrons. The predicted octanol–water partition coefficient (Wildman–Crippen LogP) is 3.01. The van der Waals surface area contributed by atoms with Gasteiger partial charge in [-0.25, -0.2) is 0 Å². The summed E-state index contributed by atoms with van der Waals surface area (Å²) in [6.45, 7) is 3.69. The van der Waals surface area contributed by atoms with Crippen molar-refractivity contribution in [3.8, 4) is 5.75 Å². The molecule has 27 heavy (non-hydrogen) atoms. The SMILES string of the molecule is CC1(C(=O)NCc2ccccc2)CCN(C(=O)COc2ccccc2)CC1. The molecule has 0 aliphatic carbocycles. The van der Waals surface area contributed by atoms with Gasteiger partial charge in [-0.1, -0.05) is 55.5 Å². The van der Waals surface area contributed by atoms with E-state index in [0.717, 1.165) is 5.56 Å². The highest BCUT2D eigenvalue weighted by atomic mass is 16.5. The second-order valence-corrected chi connectivity index (χ2v) is 7.21. The third-order valence-corrected chi connectivity index (χ3v) is 5.17. The van der Waals surface area contributed by atoms with Crippen molar-refractivity contribution < 1.29 is 14.3 Å². The molecule has 1 saturated heterocycles.